The van der Waals surface area contributed by atoms with E-state index in [2.05, 4.69) is 10.3 Å². The average molecular weight is 375 g/mol. The fourth-order valence-corrected chi connectivity index (χ4v) is 6.03. The van der Waals surface area contributed by atoms with Crippen molar-refractivity contribution >= 4 is 11.9 Å². The number of aliphatic hydroxyl groups is 1. The second-order valence-electron chi connectivity index (χ2n) is 8.98. The minimum Gasteiger partial charge on any atom is -0.446 e. The van der Waals surface area contributed by atoms with Crippen molar-refractivity contribution < 1.29 is 19.0 Å². The number of aromatic nitrogens is 1. The van der Waals surface area contributed by atoms with Crippen molar-refractivity contribution in [2.45, 2.75) is 56.3 Å². The van der Waals surface area contributed by atoms with Crippen molar-refractivity contribution in [3.05, 3.63) is 24.1 Å². The van der Waals surface area contributed by atoms with Gasteiger partial charge in [0.15, 0.2) is 0 Å². The van der Waals surface area contributed by atoms with Gasteiger partial charge in [-0.3, -0.25) is 0 Å². The Morgan fingerprint density at radius 3 is 2.74 bits per heavy atom. The second-order valence-corrected chi connectivity index (χ2v) is 8.98. The van der Waals surface area contributed by atoms with Gasteiger partial charge in [0.25, 0.3) is 0 Å². The Morgan fingerprint density at radius 2 is 2.07 bits per heavy atom. The summed E-state index contributed by atoms with van der Waals surface area (Å²) in [5, 5.41) is 13.9. The summed E-state index contributed by atoms with van der Waals surface area (Å²) in [4.78, 5) is 18.5. The number of amides is 1. The van der Waals surface area contributed by atoms with Crippen LogP contribution in [0.1, 0.15) is 38.5 Å². The first-order valence-corrected chi connectivity index (χ1v) is 10.0. The first-order valence-electron chi connectivity index (χ1n) is 10.0. The third kappa shape index (κ3) is 3.26. The second kappa shape index (κ2) is 6.33. The SMILES string of the molecule is O=C(OC1C2CC3CC1CC(O)(C3)C2)N1CC[C@@H](Nc2ccc(F)cn2)C1. The Balaban J connectivity index is 1.17. The lowest BCUT2D eigenvalue weighted by atomic mass is 9.53. The van der Waals surface area contributed by atoms with E-state index in [1.807, 2.05) is 0 Å². The third-order valence-electron chi connectivity index (χ3n) is 6.92. The zero-order valence-corrected chi connectivity index (χ0v) is 15.3. The van der Waals surface area contributed by atoms with Gasteiger partial charge in [-0.1, -0.05) is 0 Å². The van der Waals surface area contributed by atoms with E-state index in [4.69, 9.17) is 4.74 Å². The average Bonchev–Trinajstić information content (AvgIpc) is 3.07. The van der Waals surface area contributed by atoms with Gasteiger partial charge >= 0.3 is 6.09 Å². The molecule has 0 radical (unpaired) electrons. The highest BCUT2D eigenvalue weighted by atomic mass is 19.1. The minimum atomic E-state index is -0.510. The molecule has 6 nitrogen and oxygen atoms in total. The number of ether oxygens (including phenoxy) is 1. The highest BCUT2D eigenvalue weighted by molar-refractivity contribution is 5.68. The van der Waals surface area contributed by atoms with Crippen LogP contribution in [0.5, 0.6) is 0 Å². The fourth-order valence-electron chi connectivity index (χ4n) is 6.03. The summed E-state index contributed by atoms with van der Waals surface area (Å²) in [6.45, 7) is 1.21. The third-order valence-corrected chi connectivity index (χ3v) is 6.92. The molecule has 0 spiro atoms. The molecule has 4 bridgehead atoms. The highest BCUT2D eigenvalue weighted by Gasteiger charge is 2.56. The molecule has 2 unspecified atom stereocenters. The van der Waals surface area contributed by atoms with Crippen LogP contribution < -0.4 is 5.32 Å². The molecular formula is C20H26FN3O3. The largest absolute Gasteiger partial charge is 0.446 e. The van der Waals surface area contributed by atoms with Crippen LogP contribution in [0.2, 0.25) is 0 Å². The Labute approximate surface area is 158 Å². The highest BCUT2D eigenvalue weighted by Crippen LogP contribution is 2.56. The molecule has 1 amide bonds. The number of hydrogen-bond acceptors (Lipinski definition) is 5. The van der Waals surface area contributed by atoms with Crippen molar-refractivity contribution in [3.63, 3.8) is 0 Å². The molecule has 1 saturated heterocycles. The van der Waals surface area contributed by atoms with Gasteiger partial charge < -0.3 is 20.1 Å². The zero-order valence-electron chi connectivity index (χ0n) is 15.3. The molecule has 27 heavy (non-hydrogen) atoms. The molecule has 1 aromatic heterocycles. The van der Waals surface area contributed by atoms with Crippen molar-refractivity contribution in [2.24, 2.45) is 17.8 Å². The van der Waals surface area contributed by atoms with Gasteiger partial charge in [0.2, 0.25) is 0 Å². The first-order chi connectivity index (χ1) is 13.0. The first kappa shape index (κ1) is 17.2. The number of halogens is 1. The molecule has 7 heteroatoms. The van der Waals surface area contributed by atoms with Gasteiger partial charge in [-0.15, -0.1) is 0 Å². The molecule has 4 aliphatic carbocycles. The molecule has 1 aromatic rings. The van der Waals surface area contributed by atoms with E-state index in [0.29, 0.717) is 36.7 Å². The summed E-state index contributed by atoms with van der Waals surface area (Å²) < 4.78 is 18.9. The molecule has 2 heterocycles. The van der Waals surface area contributed by atoms with Gasteiger partial charge in [-0.05, 0) is 68.4 Å². The number of rotatable bonds is 3. The Kier molecular flexibility index (Phi) is 4.04. The summed E-state index contributed by atoms with van der Waals surface area (Å²) in [5.74, 6) is 1.48. The normalized spacial score (nSPS) is 39.6. The topological polar surface area (TPSA) is 74.7 Å². The van der Waals surface area contributed by atoms with Crippen LogP contribution in [0, 0.1) is 23.6 Å². The predicted molar refractivity (Wildman–Crippen MR) is 96.6 cm³/mol. The summed E-state index contributed by atoms with van der Waals surface area (Å²) >= 11 is 0. The molecule has 0 aromatic carbocycles. The molecule has 3 atom stereocenters. The molecule has 2 N–H and O–H groups in total. The van der Waals surface area contributed by atoms with Gasteiger partial charge in [0.05, 0.1) is 11.8 Å². The summed E-state index contributed by atoms with van der Waals surface area (Å²) in [5.41, 5.74) is -0.510. The number of hydrogen-bond donors (Lipinski definition) is 2. The monoisotopic (exact) mass is 375 g/mol. The fraction of sp³-hybridized carbons (Fsp3) is 0.700. The molecule has 5 fully saturated rings. The summed E-state index contributed by atoms with van der Waals surface area (Å²) in [7, 11) is 0. The number of anilines is 1. The van der Waals surface area contributed by atoms with E-state index < -0.39 is 5.60 Å². The Hall–Kier alpha value is -1.89. The number of carbonyl (C=O) groups is 1. The molecule has 1 aliphatic heterocycles. The molecular weight excluding hydrogens is 349 g/mol. The van der Waals surface area contributed by atoms with E-state index in [0.717, 1.165) is 38.5 Å². The number of likely N-dealkylation sites (tertiary alicyclic amines) is 1. The van der Waals surface area contributed by atoms with Crippen LogP contribution in [-0.2, 0) is 4.74 Å². The van der Waals surface area contributed by atoms with Crippen LogP contribution in [0.15, 0.2) is 18.3 Å². The van der Waals surface area contributed by atoms with Crippen LogP contribution in [0.4, 0.5) is 15.0 Å². The summed E-state index contributed by atoms with van der Waals surface area (Å²) in [6.07, 6.45) is 6.36. The van der Waals surface area contributed by atoms with Crippen LogP contribution in [-0.4, -0.2) is 51.9 Å². The van der Waals surface area contributed by atoms with Crippen LogP contribution in [0.25, 0.3) is 0 Å². The lowest BCUT2D eigenvalue weighted by molar-refractivity contribution is -0.177. The van der Waals surface area contributed by atoms with E-state index >= 15 is 0 Å². The van der Waals surface area contributed by atoms with E-state index in [1.165, 1.54) is 12.3 Å². The molecule has 6 rings (SSSR count). The predicted octanol–water partition coefficient (Wildman–Crippen LogP) is 2.78. The quantitative estimate of drug-likeness (QED) is 0.850. The number of pyridine rings is 1. The molecule has 5 aliphatic rings. The summed E-state index contributed by atoms with van der Waals surface area (Å²) in [6, 6.07) is 3.07. The van der Waals surface area contributed by atoms with Gasteiger partial charge in [0.1, 0.15) is 17.7 Å². The van der Waals surface area contributed by atoms with Gasteiger partial charge in [0, 0.05) is 19.1 Å². The van der Waals surface area contributed by atoms with Crippen molar-refractivity contribution in [3.8, 4) is 0 Å². The number of nitrogens with one attached hydrogen (secondary N) is 1. The molecule has 4 saturated carbocycles. The minimum absolute atomic E-state index is 0.0416. The maximum Gasteiger partial charge on any atom is 0.410 e. The van der Waals surface area contributed by atoms with Crippen molar-refractivity contribution in [2.75, 3.05) is 18.4 Å². The Bertz CT molecular complexity index is 712. The van der Waals surface area contributed by atoms with E-state index in [1.54, 1.807) is 11.0 Å². The van der Waals surface area contributed by atoms with E-state index in [-0.39, 0.29) is 24.1 Å². The Morgan fingerprint density at radius 1 is 1.30 bits per heavy atom. The lowest BCUT2D eigenvalue weighted by Gasteiger charge is -2.57. The maximum atomic E-state index is 13.0. The van der Waals surface area contributed by atoms with Crippen LogP contribution >= 0.6 is 0 Å². The number of nitrogens with zero attached hydrogens (tertiary/aromatic N) is 2. The van der Waals surface area contributed by atoms with E-state index in [9.17, 15) is 14.3 Å². The smallest absolute Gasteiger partial charge is 0.410 e. The van der Waals surface area contributed by atoms with Gasteiger partial charge in [-0.25, -0.2) is 14.2 Å². The lowest BCUT2D eigenvalue weighted by Crippen LogP contribution is -2.58. The zero-order chi connectivity index (χ0) is 18.6. The van der Waals surface area contributed by atoms with Crippen LogP contribution in [0.3, 0.4) is 0 Å². The number of carbonyl (C=O) groups excluding carboxylic acids is 1. The van der Waals surface area contributed by atoms with Crippen molar-refractivity contribution in [1.29, 1.82) is 0 Å². The van der Waals surface area contributed by atoms with Gasteiger partial charge in [-0.2, -0.15) is 0 Å². The van der Waals surface area contributed by atoms with Crippen molar-refractivity contribution in [1.82, 2.24) is 9.88 Å². The molecule has 146 valence electrons. The maximum absolute atomic E-state index is 13.0. The standard InChI is InChI=1S/C20H26FN3O3/c21-15-1-2-17(22-10-15)23-16-3-4-24(11-16)19(25)27-18-13-5-12-6-14(18)9-20(26,7-12)8-13/h1-2,10,12-14,16,18,26H,3-9,11H2,(H,22,23)/t12?,13?,14?,16-,18?,20?/m1/s1.